The molecule has 4 heteroatoms. The van der Waals surface area contributed by atoms with Crippen LogP contribution in [0.4, 0.5) is 0 Å². The fourth-order valence-electron chi connectivity index (χ4n) is 1.32. The van der Waals surface area contributed by atoms with Crippen LogP contribution in [0, 0.1) is 0 Å². The van der Waals surface area contributed by atoms with Gasteiger partial charge in [0.05, 0.1) is 12.6 Å². The van der Waals surface area contributed by atoms with Gasteiger partial charge in [0, 0.05) is 10.3 Å². The molecule has 0 atom stereocenters. The minimum Gasteiger partial charge on any atom is -0.464 e. The Kier molecular flexibility index (Phi) is 8.62. The molecule has 1 aromatic carbocycles. The Balaban J connectivity index is 0.000000741. The number of aromatic nitrogens is 1. The zero-order valence-corrected chi connectivity index (χ0v) is 13.0. The third-order valence-corrected chi connectivity index (χ3v) is 2.35. The molecular weight excluding hydrogens is 258 g/mol. The number of carbonyl (C=O) groups is 1. The first kappa shape index (κ1) is 17.4. The highest BCUT2D eigenvalue weighted by molar-refractivity contribution is 7.80. The maximum Gasteiger partial charge on any atom is 0.356 e. The maximum absolute atomic E-state index is 11.2. The lowest BCUT2D eigenvalue weighted by Crippen LogP contribution is -2.03. The SMILES string of the molecule is CC.CC.COC(=O)c1ccc2ccc(S)cc2n1. The number of benzene rings is 1. The molecule has 0 aliphatic heterocycles. The van der Waals surface area contributed by atoms with Crippen molar-refractivity contribution < 1.29 is 9.53 Å². The van der Waals surface area contributed by atoms with Gasteiger partial charge in [0.25, 0.3) is 0 Å². The van der Waals surface area contributed by atoms with Crippen LogP contribution in [0.5, 0.6) is 0 Å². The molecule has 0 bridgehead atoms. The van der Waals surface area contributed by atoms with Gasteiger partial charge < -0.3 is 4.74 Å². The lowest BCUT2D eigenvalue weighted by Gasteiger charge is -2.01. The van der Waals surface area contributed by atoms with E-state index in [2.05, 4.69) is 22.3 Å². The zero-order chi connectivity index (χ0) is 14.8. The van der Waals surface area contributed by atoms with Crippen molar-refractivity contribution in [2.24, 2.45) is 0 Å². The lowest BCUT2D eigenvalue weighted by atomic mass is 10.2. The number of hydrogen-bond donors (Lipinski definition) is 1. The minimum atomic E-state index is -0.429. The third-order valence-electron chi connectivity index (χ3n) is 2.07. The van der Waals surface area contributed by atoms with Gasteiger partial charge in [0.15, 0.2) is 0 Å². The summed E-state index contributed by atoms with van der Waals surface area (Å²) in [7, 11) is 1.34. The number of thiol groups is 1. The minimum absolute atomic E-state index is 0.309. The average molecular weight is 279 g/mol. The topological polar surface area (TPSA) is 39.2 Å². The van der Waals surface area contributed by atoms with E-state index < -0.39 is 5.97 Å². The summed E-state index contributed by atoms with van der Waals surface area (Å²) in [5.41, 5.74) is 1.05. The molecule has 0 aliphatic rings. The lowest BCUT2D eigenvalue weighted by molar-refractivity contribution is 0.0594. The number of carbonyl (C=O) groups excluding carboxylic acids is 1. The molecule has 19 heavy (non-hydrogen) atoms. The van der Waals surface area contributed by atoms with E-state index in [1.54, 1.807) is 6.07 Å². The number of rotatable bonds is 1. The van der Waals surface area contributed by atoms with E-state index in [9.17, 15) is 4.79 Å². The van der Waals surface area contributed by atoms with E-state index >= 15 is 0 Å². The van der Waals surface area contributed by atoms with Crippen molar-refractivity contribution in [2.75, 3.05) is 7.11 Å². The fourth-order valence-corrected chi connectivity index (χ4v) is 1.52. The van der Waals surface area contributed by atoms with E-state index in [0.29, 0.717) is 5.69 Å². The van der Waals surface area contributed by atoms with E-state index in [1.165, 1.54) is 7.11 Å². The summed E-state index contributed by atoms with van der Waals surface area (Å²) < 4.78 is 4.59. The van der Waals surface area contributed by atoms with Crippen molar-refractivity contribution in [1.82, 2.24) is 4.98 Å². The van der Waals surface area contributed by atoms with E-state index in [1.807, 2.05) is 52.0 Å². The maximum atomic E-state index is 11.2. The predicted molar refractivity (Wildman–Crippen MR) is 83.0 cm³/mol. The van der Waals surface area contributed by atoms with Crippen molar-refractivity contribution in [3.05, 3.63) is 36.0 Å². The molecule has 0 radical (unpaired) electrons. The summed E-state index contributed by atoms with van der Waals surface area (Å²) in [5, 5.41) is 0.973. The van der Waals surface area contributed by atoms with Gasteiger partial charge in [0.1, 0.15) is 5.69 Å². The van der Waals surface area contributed by atoms with Crippen LogP contribution < -0.4 is 0 Å². The standard InChI is InChI=1S/C11H9NO2S.2C2H6/c1-14-11(13)9-5-3-7-2-4-8(15)6-10(7)12-9;2*1-2/h2-6,15H,1H3;2*1-2H3. The Morgan fingerprint density at radius 2 is 1.68 bits per heavy atom. The van der Waals surface area contributed by atoms with Crippen molar-refractivity contribution in [3.63, 3.8) is 0 Å². The van der Waals surface area contributed by atoms with Crippen LogP contribution in [0.15, 0.2) is 35.2 Å². The summed E-state index contributed by atoms with van der Waals surface area (Å²) in [4.78, 5) is 16.2. The average Bonchev–Trinajstić information content (AvgIpc) is 2.49. The van der Waals surface area contributed by atoms with Gasteiger partial charge in [-0.25, -0.2) is 9.78 Å². The van der Waals surface area contributed by atoms with Gasteiger partial charge in [-0.3, -0.25) is 0 Å². The molecule has 2 aromatic rings. The Bertz CT molecular complexity index is 527. The second-order valence-electron chi connectivity index (χ2n) is 3.07. The van der Waals surface area contributed by atoms with Crippen LogP contribution >= 0.6 is 12.6 Å². The monoisotopic (exact) mass is 279 g/mol. The van der Waals surface area contributed by atoms with Gasteiger partial charge >= 0.3 is 5.97 Å². The van der Waals surface area contributed by atoms with Gasteiger partial charge in [-0.15, -0.1) is 12.6 Å². The summed E-state index contributed by atoms with van der Waals surface area (Å²) in [6, 6.07) is 9.08. The number of hydrogen-bond acceptors (Lipinski definition) is 4. The second-order valence-corrected chi connectivity index (χ2v) is 3.58. The van der Waals surface area contributed by atoms with Crippen molar-refractivity contribution in [3.8, 4) is 0 Å². The first-order valence-corrected chi connectivity index (χ1v) is 6.83. The van der Waals surface area contributed by atoms with E-state index in [4.69, 9.17) is 0 Å². The molecule has 0 saturated carbocycles. The van der Waals surface area contributed by atoms with Crippen LogP contribution in [0.2, 0.25) is 0 Å². The normalized spacial score (nSPS) is 8.74. The number of fused-ring (bicyclic) bond motifs is 1. The van der Waals surface area contributed by atoms with Crippen molar-refractivity contribution in [2.45, 2.75) is 32.6 Å². The Labute approximate surface area is 120 Å². The summed E-state index contributed by atoms with van der Waals surface area (Å²) >= 11 is 4.21. The Morgan fingerprint density at radius 3 is 2.26 bits per heavy atom. The van der Waals surface area contributed by atoms with Gasteiger partial charge in [-0.1, -0.05) is 39.8 Å². The van der Waals surface area contributed by atoms with Crippen molar-refractivity contribution >= 4 is 29.5 Å². The van der Waals surface area contributed by atoms with Gasteiger partial charge in [0.2, 0.25) is 0 Å². The summed E-state index contributed by atoms with van der Waals surface area (Å²) in [6.07, 6.45) is 0. The molecule has 1 heterocycles. The quantitative estimate of drug-likeness (QED) is 0.622. The Morgan fingerprint density at radius 1 is 1.11 bits per heavy atom. The largest absolute Gasteiger partial charge is 0.464 e. The number of ether oxygens (including phenoxy) is 1. The highest BCUT2D eigenvalue weighted by atomic mass is 32.1. The fraction of sp³-hybridized carbons (Fsp3) is 0.333. The smallest absolute Gasteiger partial charge is 0.356 e. The van der Waals surface area contributed by atoms with Crippen LogP contribution in [0.3, 0.4) is 0 Å². The predicted octanol–water partition coefficient (Wildman–Crippen LogP) is 4.36. The van der Waals surface area contributed by atoms with Crippen LogP contribution in [0.1, 0.15) is 38.2 Å². The van der Waals surface area contributed by atoms with Crippen molar-refractivity contribution in [1.29, 1.82) is 0 Å². The number of methoxy groups -OCH3 is 1. The molecule has 0 spiro atoms. The van der Waals surface area contributed by atoms with Crippen LogP contribution in [-0.4, -0.2) is 18.1 Å². The Hall–Kier alpha value is -1.55. The van der Waals surface area contributed by atoms with E-state index in [-0.39, 0.29) is 0 Å². The highest BCUT2D eigenvalue weighted by Crippen LogP contribution is 2.17. The molecule has 0 saturated heterocycles. The number of pyridine rings is 1. The van der Waals surface area contributed by atoms with Crippen LogP contribution in [-0.2, 0) is 4.74 Å². The molecule has 1 aromatic heterocycles. The molecule has 3 nitrogen and oxygen atoms in total. The zero-order valence-electron chi connectivity index (χ0n) is 12.1. The van der Waals surface area contributed by atoms with Gasteiger partial charge in [-0.2, -0.15) is 0 Å². The van der Waals surface area contributed by atoms with Gasteiger partial charge in [-0.05, 0) is 18.2 Å². The highest BCUT2D eigenvalue weighted by Gasteiger charge is 2.07. The molecule has 0 amide bonds. The third kappa shape index (κ3) is 4.91. The molecule has 0 N–H and O–H groups in total. The molecule has 0 unspecified atom stereocenters. The number of esters is 1. The van der Waals surface area contributed by atoms with Crippen LogP contribution in [0.25, 0.3) is 10.9 Å². The summed E-state index contributed by atoms with van der Waals surface area (Å²) in [5.74, 6) is -0.429. The first-order valence-electron chi connectivity index (χ1n) is 6.39. The molecule has 0 aliphatic carbocycles. The summed E-state index contributed by atoms with van der Waals surface area (Å²) in [6.45, 7) is 8.00. The molecular formula is C15H21NO2S. The van der Waals surface area contributed by atoms with E-state index in [0.717, 1.165) is 15.8 Å². The molecule has 2 rings (SSSR count). The molecule has 0 fully saturated rings. The number of nitrogens with zero attached hydrogens (tertiary/aromatic N) is 1. The molecule has 104 valence electrons. The first-order chi connectivity index (χ1) is 9.20. The second kappa shape index (κ2) is 9.39.